The highest BCUT2D eigenvalue weighted by atomic mass is 16.5. The minimum absolute atomic E-state index is 0.0197. The molecule has 0 saturated heterocycles. The molecule has 3 rings (SSSR count). The number of amides is 2. The fourth-order valence-electron chi connectivity index (χ4n) is 4.70. The number of hydrogen-bond donors (Lipinski definition) is 2. The molecule has 2 amide bonds. The van der Waals surface area contributed by atoms with Gasteiger partial charge in [0.25, 0.3) is 0 Å². The second-order valence-corrected chi connectivity index (χ2v) is 8.98. The minimum Gasteiger partial charge on any atom is -0.481 e. The van der Waals surface area contributed by atoms with Gasteiger partial charge in [-0.2, -0.15) is 0 Å². The van der Waals surface area contributed by atoms with Crippen molar-refractivity contribution in [1.29, 1.82) is 0 Å². The van der Waals surface area contributed by atoms with Crippen LogP contribution in [0, 0.1) is 0 Å². The van der Waals surface area contributed by atoms with Gasteiger partial charge in [-0.05, 0) is 42.0 Å². The molecule has 0 bridgehead atoms. The molecule has 0 fully saturated rings. The van der Waals surface area contributed by atoms with Gasteiger partial charge in [0.1, 0.15) is 6.61 Å². The number of unbranched alkanes of at least 4 members (excludes halogenated alkanes) is 1. The van der Waals surface area contributed by atoms with Crippen LogP contribution in [0.3, 0.4) is 0 Å². The summed E-state index contributed by atoms with van der Waals surface area (Å²) in [7, 11) is 0. The summed E-state index contributed by atoms with van der Waals surface area (Å²) >= 11 is 0. The zero-order valence-electron chi connectivity index (χ0n) is 20.7. The van der Waals surface area contributed by atoms with E-state index in [0.29, 0.717) is 25.9 Å². The van der Waals surface area contributed by atoms with Gasteiger partial charge in [0, 0.05) is 37.9 Å². The van der Waals surface area contributed by atoms with Crippen LogP contribution in [-0.4, -0.2) is 53.7 Å². The Morgan fingerprint density at radius 3 is 2.20 bits per heavy atom. The molecule has 2 aromatic carbocycles. The number of hydrogen-bond acceptors (Lipinski definition) is 4. The van der Waals surface area contributed by atoms with Gasteiger partial charge < -0.3 is 20.1 Å². The van der Waals surface area contributed by atoms with Crippen LogP contribution in [0.15, 0.2) is 48.5 Å². The van der Waals surface area contributed by atoms with E-state index < -0.39 is 12.1 Å². The Labute approximate surface area is 207 Å². The van der Waals surface area contributed by atoms with Gasteiger partial charge in [-0.3, -0.25) is 9.59 Å². The molecular formula is C28H36N2O5. The second-order valence-electron chi connectivity index (χ2n) is 8.98. The Morgan fingerprint density at radius 2 is 1.63 bits per heavy atom. The Balaban J connectivity index is 1.58. The van der Waals surface area contributed by atoms with E-state index in [-0.39, 0.29) is 37.3 Å². The van der Waals surface area contributed by atoms with Gasteiger partial charge in [-0.1, -0.05) is 68.3 Å². The van der Waals surface area contributed by atoms with Crippen LogP contribution < -0.4 is 5.32 Å². The second kappa shape index (κ2) is 12.9. The lowest BCUT2D eigenvalue weighted by atomic mass is 9.98. The van der Waals surface area contributed by atoms with Crippen molar-refractivity contribution in [1.82, 2.24) is 10.2 Å². The average molecular weight is 481 g/mol. The van der Waals surface area contributed by atoms with Crippen LogP contribution in [0.4, 0.5) is 4.79 Å². The van der Waals surface area contributed by atoms with Gasteiger partial charge in [0.2, 0.25) is 5.91 Å². The Kier molecular flexibility index (Phi) is 9.70. The smallest absolute Gasteiger partial charge is 0.407 e. The first-order valence-electron chi connectivity index (χ1n) is 12.6. The Morgan fingerprint density at radius 1 is 1.00 bits per heavy atom. The molecule has 2 N–H and O–H groups in total. The highest BCUT2D eigenvalue weighted by Crippen LogP contribution is 2.44. The van der Waals surface area contributed by atoms with Crippen molar-refractivity contribution in [2.75, 3.05) is 19.7 Å². The SMILES string of the molecule is CCCC[C@@H](CC(=O)N(CC)CCCC(=O)O)NC(=O)OCC1c2ccccc2-c2ccccc21. The summed E-state index contributed by atoms with van der Waals surface area (Å²) in [6, 6.07) is 16.0. The summed E-state index contributed by atoms with van der Waals surface area (Å²) in [5.74, 6) is -0.974. The lowest BCUT2D eigenvalue weighted by molar-refractivity contribution is -0.138. The van der Waals surface area contributed by atoms with Crippen molar-refractivity contribution < 1.29 is 24.2 Å². The summed E-state index contributed by atoms with van der Waals surface area (Å²) in [6.45, 7) is 5.07. The van der Waals surface area contributed by atoms with Crippen molar-refractivity contribution in [2.24, 2.45) is 0 Å². The van der Waals surface area contributed by atoms with Crippen molar-refractivity contribution in [3.63, 3.8) is 0 Å². The number of alkyl carbamates (subject to hydrolysis) is 1. The van der Waals surface area contributed by atoms with Gasteiger partial charge in [-0.15, -0.1) is 0 Å². The third kappa shape index (κ3) is 7.07. The number of ether oxygens (including phenoxy) is 1. The lowest BCUT2D eigenvalue weighted by Gasteiger charge is -2.25. The van der Waals surface area contributed by atoms with Crippen molar-refractivity contribution in [3.05, 3.63) is 59.7 Å². The lowest BCUT2D eigenvalue weighted by Crippen LogP contribution is -2.41. The van der Waals surface area contributed by atoms with E-state index in [1.54, 1.807) is 4.90 Å². The van der Waals surface area contributed by atoms with Crippen LogP contribution in [0.25, 0.3) is 11.1 Å². The van der Waals surface area contributed by atoms with Crippen LogP contribution in [0.2, 0.25) is 0 Å². The normalized spacial score (nSPS) is 13.0. The third-order valence-electron chi connectivity index (χ3n) is 6.55. The predicted octanol–water partition coefficient (Wildman–Crippen LogP) is 5.19. The Bertz CT molecular complexity index is 976. The summed E-state index contributed by atoms with van der Waals surface area (Å²) in [5, 5.41) is 11.8. The molecule has 1 atom stereocenters. The minimum atomic E-state index is -0.869. The monoisotopic (exact) mass is 480 g/mol. The van der Waals surface area contributed by atoms with Gasteiger partial charge in [-0.25, -0.2) is 4.79 Å². The molecule has 1 aliphatic rings. The topological polar surface area (TPSA) is 95.9 Å². The van der Waals surface area contributed by atoms with Crippen LogP contribution in [-0.2, 0) is 14.3 Å². The molecule has 0 saturated carbocycles. The van der Waals surface area contributed by atoms with Gasteiger partial charge >= 0.3 is 12.1 Å². The first-order chi connectivity index (χ1) is 16.9. The van der Waals surface area contributed by atoms with Crippen LogP contribution in [0.1, 0.15) is 69.4 Å². The van der Waals surface area contributed by atoms with Crippen LogP contribution >= 0.6 is 0 Å². The van der Waals surface area contributed by atoms with E-state index in [1.807, 2.05) is 31.2 Å². The number of nitrogens with one attached hydrogen (secondary N) is 1. The van der Waals surface area contributed by atoms with E-state index in [2.05, 4.69) is 36.5 Å². The van der Waals surface area contributed by atoms with E-state index in [9.17, 15) is 14.4 Å². The number of fused-ring (bicyclic) bond motifs is 3. The van der Waals surface area contributed by atoms with Gasteiger partial charge in [0.05, 0.1) is 0 Å². The molecule has 0 spiro atoms. The van der Waals surface area contributed by atoms with Crippen LogP contribution in [0.5, 0.6) is 0 Å². The number of benzene rings is 2. The molecule has 0 radical (unpaired) electrons. The molecule has 0 aliphatic heterocycles. The summed E-state index contributed by atoms with van der Waals surface area (Å²) in [6.07, 6.45) is 2.61. The average Bonchev–Trinajstić information content (AvgIpc) is 3.17. The predicted molar refractivity (Wildman–Crippen MR) is 135 cm³/mol. The molecule has 0 unspecified atom stereocenters. The van der Waals surface area contributed by atoms with Gasteiger partial charge in [0.15, 0.2) is 0 Å². The zero-order chi connectivity index (χ0) is 25.2. The molecule has 7 nitrogen and oxygen atoms in total. The van der Waals surface area contributed by atoms with Crippen molar-refractivity contribution >= 4 is 18.0 Å². The fraction of sp³-hybridized carbons (Fsp3) is 0.464. The maximum atomic E-state index is 12.8. The number of carbonyl (C=O) groups excluding carboxylic acids is 2. The summed E-state index contributed by atoms with van der Waals surface area (Å²) < 4.78 is 5.67. The fourth-order valence-corrected chi connectivity index (χ4v) is 4.70. The molecule has 0 aromatic heterocycles. The highest BCUT2D eigenvalue weighted by molar-refractivity contribution is 5.79. The summed E-state index contributed by atoms with van der Waals surface area (Å²) in [4.78, 5) is 38.0. The number of carbonyl (C=O) groups is 3. The maximum Gasteiger partial charge on any atom is 0.407 e. The number of rotatable bonds is 13. The third-order valence-corrected chi connectivity index (χ3v) is 6.55. The number of aliphatic carboxylic acids is 1. The first kappa shape index (κ1) is 26.3. The highest BCUT2D eigenvalue weighted by Gasteiger charge is 2.29. The first-order valence-corrected chi connectivity index (χ1v) is 12.6. The molecule has 0 heterocycles. The largest absolute Gasteiger partial charge is 0.481 e. The molecule has 35 heavy (non-hydrogen) atoms. The summed E-state index contributed by atoms with van der Waals surface area (Å²) in [5.41, 5.74) is 4.65. The number of carboxylic acid groups (broad SMARTS) is 1. The van der Waals surface area contributed by atoms with Crippen molar-refractivity contribution in [2.45, 2.75) is 64.3 Å². The van der Waals surface area contributed by atoms with Crippen molar-refractivity contribution in [3.8, 4) is 11.1 Å². The zero-order valence-corrected chi connectivity index (χ0v) is 20.7. The van der Waals surface area contributed by atoms with E-state index in [1.165, 1.54) is 11.1 Å². The molecule has 7 heteroatoms. The molecular weight excluding hydrogens is 444 g/mol. The van der Waals surface area contributed by atoms with E-state index in [0.717, 1.165) is 24.0 Å². The number of carboxylic acids is 1. The van der Waals surface area contributed by atoms with E-state index >= 15 is 0 Å². The number of nitrogens with zero attached hydrogens (tertiary/aromatic N) is 1. The Hall–Kier alpha value is -3.35. The molecule has 1 aliphatic carbocycles. The molecule has 2 aromatic rings. The quantitative estimate of drug-likeness (QED) is 0.411. The standard InChI is InChI=1S/C28H36N2O5/c1-3-5-11-20(18-26(31)30(4-2)17-10-16-27(32)33)29-28(34)35-19-25-23-14-8-6-12-21(23)22-13-7-9-15-24(22)25/h6-9,12-15,20,25H,3-5,10-11,16-19H2,1-2H3,(H,29,34)(H,32,33)/t20-/m0/s1. The van der Waals surface area contributed by atoms with E-state index in [4.69, 9.17) is 9.84 Å². The maximum absolute atomic E-state index is 12.8. The molecule has 188 valence electrons.